The molecule has 0 bridgehead atoms. The summed E-state index contributed by atoms with van der Waals surface area (Å²) in [5.41, 5.74) is 0. The Bertz CT molecular complexity index is 237. The van der Waals surface area contributed by atoms with Gasteiger partial charge < -0.3 is 5.11 Å². The number of nitrogens with zero attached hydrogens (tertiary/aromatic N) is 2. The van der Waals surface area contributed by atoms with E-state index in [1.165, 1.54) is 0 Å². The molecule has 1 N–H and O–H groups in total. The fourth-order valence-electron chi connectivity index (χ4n) is 0.800. The summed E-state index contributed by atoms with van der Waals surface area (Å²) < 4.78 is 0.859. The summed E-state index contributed by atoms with van der Waals surface area (Å²) in [7, 11) is 0. The number of hydrogen-bond acceptors (Lipinski definition) is 3. The lowest BCUT2D eigenvalue weighted by Crippen LogP contribution is -2.10. The van der Waals surface area contributed by atoms with Crippen LogP contribution in [0.2, 0.25) is 0 Å². The van der Waals surface area contributed by atoms with E-state index in [1.807, 2.05) is 6.92 Å². The van der Waals surface area contributed by atoms with E-state index in [0.29, 0.717) is 12.2 Å². The fourth-order valence-corrected chi connectivity index (χ4v) is 1.00. The average Bonchev–Trinajstić information content (AvgIpc) is 2.09. The normalized spacial score (nSPS) is 12.9. The molecule has 0 saturated carbocycles. The molecule has 1 rings (SSSR count). The molecule has 0 aliphatic carbocycles. The molecule has 66 valence electrons. The lowest BCUT2D eigenvalue weighted by Gasteiger charge is -2.04. The first-order valence-electron chi connectivity index (χ1n) is 3.87. The van der Waals surface area contributed by atoms with Crippen molar-refractivity contribution in [2.45, 2.75) is 25.9 Å². The highest BCUT2D eigenvalue weighted by atomic mass is 79.9. The van der Waals surface area contributed by atoms with E-state index < -0.39 is 0 Å². The lowest BCUT2D eigenvalue weighted by atomic mass is 10.2. The molecule has 4 heteroatoms. The molecule has 0 aliphatic heterocycles. The van der Waals surface area contributed by atoms with Crippen molar-refractivity contribution >= 4 is 15.9 Å². The van der Waals surface area contributed by atoms with Gasteiger partial charge in [0.1, 0.15) is 5.82 Å². The van der Waals surface area contributed by atoms with Gasteiger partial charge in [0.2, 0.25) is 0 Å². The molecule has 0 amide bonds. The monoisotopic (exact) mass is 230 g/mol. The largest absolute Gasteiger partial charge is 0.393 e. The lowest BCUT2D eigenvalue weighted by molar-refractivity contribution is 0.168. The van der Waals surface area contributed by atoms with E-state index in [1.54, 1.807) is 12.4 Å². The van der Waals surface area contributed by atoms with Gasteiger partial charge in [-0.15, -0.1) is 0 Å². The molecule has 0 aliphatic rings. The Morgan fingerprint density at radius 2 is 2.08 bits per heavy atom. The number of aliphatic hydroxyl groups is 1. The van der Waals surface area contributed by atoms with Crippen LogP contribution in [0.25, 0.3) is 0 Å². The smallest absolute Gasteiger partial charge is 0.130 e. The Hall–Kier alpha value is -0.480. The van der Waals surface area contributed by atoms with Crippen LogP contribution in [0.1, 0.15) is 19.2 Å². The topological polar surface area (TPSA) is 46.0 Å². The van der Waals surface area contributed by atoms with Crippen LogP contribution in [0.3, 0.4) is 0 Å². The Labute approximate surface area is 80.0 Å². The van der Waals surface area contributed by atoms with Crippen LogP contribution in [0.15, 0.2) is 16.9 Å². The summed E-state index contributed by atoms with van der Waals surface area (Å²) in [6, 6.07) is 0. The first-order chi connectivity index (χ1) is 5.72. The summed E-state index contributed by atoms with van der Waals surface area (Å²) in [5, 5.41) is 9.29. The molecule has 1 aromatic heterocycles. The summed E-state index contributed by atoms with van der Waals surface area (Å²) >= 11 is 3.24. The first-order valence-corrected chi connectivity index (χ1v) is 4.66. The highest BCUT2D eigenvalue weighted by Crippen LogP contribution is 2.06. The van der Waals surface area contributed by atoms with Gasteiger partial charge in [-0.25, -0.2) is 9.97 Å². The number of aliphatic hydroxyl groups excluding tert-OH is 1. The highest BCUT2D eigenvalue weighted by Gasteiger charge is 2.04. The van der Waals surface area contributed by atoms with Gasteiger partial charge in [0, 0.05) is 18.8 Å². The third kappa shape index (κ3) is 2.87. The van der Waals surface area contributed by atoms with Gasteiger partial charge in [-0.3, -0.25) is 0 Å². The SMILES string of the molecule is CCC(O)Cc1ncc(Br)cn1. The molecule has 12 heavy (non-hydrogen) atoms. The molecule has 0 saturated heterocycles. The summed E-state index contributed by atoms with van der Waals surface area (Å²) in [5.74, 6) is 0.688. The molecule has 0 radical (unpaired) electrons. The molecule has 1 heterocycles. The van der Waals surface area contributed by atoms with Gasteiger partial charge in [0.05, 0.1) is 10.6 Å². The molecule has 0 spiro atoms. The second kappa shape index (κ2) is 4.52. The molecule has 1 unspecified atom stereocenters. The van der Waals surface area contributed by atoms with Gasteiger partial charge in [-0.2, -0.15) is 0 Å². The predicted molar refractivity (Wildman–Crippen MR) is 49.7 cm³/mol. The third-order valence-electron chi connectivity index (χ3n) is 1.56. The Balaban J connectivity index is 2.58. The van der Waals surface area contributed by atoms with E-state index >= 15 is 0 Å². The Kier molecular flexibility index (Phi) is 3.62. The Morgan fingerprint density at radius 3 is 2.58 bits per heavy atom. The van der Waals surface area contributed by atoms with Crippen molar-refractivity contribution in [2.24, 2.45) is 0 Å². The minimum atomic E-state index is -0.328. The predicted octanol–water partition coefficient (Wildman–Crippen LogP) is 1.55. The maximum Gasteiger partial charge on any atom is 0.130 e. The van der Waals surface area contributed by atoms with Gasteiger partial charge in [0.25, 0.3) is 0 Å². The van der Waals surface area contributed by atoms with Gasteiger partial charge in [-0.05, 0) is 22.4 Å². The quantitative estimate of drug-likeness (QED) is 0.858. The van der Waals surface area contributed by atoms with Crippen molar-refractivity contribution in [2.75, 3.05) is 0 Å². The van der Waals surface area contributed by atoms with Gasteiger partial charge >= 0.3 is 0 Å². The van der Waals surface area contributed by atoms with Crippen molar-refractivity contribution in [1.29, 1.82) is 0 Å². The summed E-state index contributed by atoms with van der Waals surface area (Å²) in [6.07, 6.45) is 4.31. The van der Waals surface area contributed by atoms with Crippen LogP contribution in [0, 0.1) is 0 Å². The van der Waals surface area contributed by atoms with Crippen molar-refractivity contribution < 1.29 is 5.11 Å². The summed E-state index contributed by atoms with van der Waals surface area (Å²) in [6.45, 7) is 1.93. The maximum atomic E-state index is 9.29. The second-order valence-corrected chi connectivity index (χ2v) is 3.50. The zero-order valence-electron chi connectivity index (χ0n) is 6.87. The molecule has 0 fully saturated rings. The van der Waals surface area contributed by atoms with E-state index in [4.69, 9.17) is 0 Å². The van der Waals surface area contributed by atoms with Crippen molar-refractivity contribution in [1.82, 2.24) is 9.97 Å². The van der Waals surface area contributed by atoms with Crippen molar-refractivity contribution in [3.05, 3.63) is 22.7 Å². The van der Waals surface area contributed by atoms with Crippen LogP contribution < -0.4 is 0 Å². The zero-order chi connectivity index (χ0) is 8.97. The van der Waals surface area contributed by atoms with Crippen LogP contribution in [-0.4, -0.2) is 21.2 Å². The van der Waals surface area contributed by atoms with Crippen LogP contribution in [0.5, 0.6) is 0 Å². The fraction of sp³-hybridized carbons (Fsp3) is 0.500. The molecule has 1 aromatic rings. The number of aromatic nitrogens is 2. The molecule has 0 aromatic carbocycles. The Morgan fingerprint density at radius 1 is 1.50 bits per heavy atom. The minimum Gasteiger partial charge on any atom is -0.393 e. The standard InChI is InChI=1S/C8H11BrN2O/c1-2-7(12)3-8-10-4-6(9)5-11-8/h4-5,7,12H,2-3H2,1H3. The van der Waals surface area contributed by atoms with Crippen molar-refractivity contribution in [3.63, 3.8) is 0 Å². The number of hydrogen-bond donors (Lipinski definition) is 1. The highest BCUT2D eigenvalue weighted by molar-refractivity contribution is 9.10. The average molecular weight is 231 g/mol. The van der Waals surface area contributed by atoms with E-state index in [2.05, 4.69) is 25.9 Å². The van der Waals surface area contributed by atoms with E-state index in [9.17, 15) is 5.11 Å². The minimum absolute atomic E-state index is 0.328. The zero-order valence-corrected chi connectivity index (χ0v) is 8.45. The maximum absolute atomic E-state index is 9.29. The molecular weight excluding hydrogens is 220 g/mol. The molecule has 1 atom stereocenters. The number of halogens is 1. The van der Waals surface area contributed by atoms with Crippen molar-refractivity contribution in [3.8, 4) is 0 Å². The first kappa shape index (κ1) is 9.61. The van der Waals surface area contributed by atoms with Gasteiger partial charge in [-0.1, -0.05) is 6.92 Å². The van der Waals surface area contributed by atoms with Crippen LogP contribution >= 0.6 is 15.9 Å². The second-order valence-electron chi connectivity index (χ2n) is 2.58. The van der Waals surface area contributed by atoms with Crippen LogP contribution in [0.4, 0.5) is 0 Å². The molecule has 3 nitrogen and oxygen atoms in total. The number of rotatable bonds is 3. The van der Waals surface area contributed by atoms with Gasteiger partial charge in [0.15, 0.2) is 0 Å². The third-order valence-corrected chi connectivity index (χ3v) is 1.97. The molecular formula is C8H11BrN2O. The van der Waals surface area contributed by atoms with E-state index in [0.717, 1.165) is 10.9 Å². The van der Waals surface area contributed by atoms with E-state index in [-0.39, 0.29) is 6.10 Å². The summed E-state index contributed by atoms with van der Waals surface area (Å²) in [4.78, 5) is 8.10. The van der Waals surface area contributed by atoms with Crippen LogP contribution in [-0.2, 0) is 6.42 Å².